The van der Waals surface area contributed by atoms with E-state index in [1.54, 1.807) is 6.92 Å². The Morgan fingerprint density at radius 3 is 1.62 bits per heavy atom. The number of carbonyl (C=O) groups is 2. The normalized spacial score (nSPS) is 16.8. The summed E-state index contributed by atoms with van der Waals surface area (Å²) >= 11 is 0. The SMILES string of the molecule is CCN1C(C(C)C)=C(C(=O)O)C(CC)(c2ccc(F)cc2)C(C(=O)O)=C1C(C)C. The summed E-state index contributed by atoms with van der Waals surface area (Å²) in [5, 5.41) is 20.6. The fourth-order valence-corrected chi connectivity index (χ4v) is 4.67. The lowest BCUT2D eigenvalue weighted by atomic mass is 9.62. The molecule has 1 aliphatic heterocycles. The predicted octanol–water partition coefficient (Wildman–Crippen LogP) is 4.80. The number of hydrogen-bond donors (Lipinski definition) is 2. The summed E-state index contributed by atoms with van der Waals surface area (Å²) < 4.78 is 13.7. The second-order valence-electron chi connectivity index (χ2n) is 7.95. The first-order chi connectivity index (χ1) is 13.5. The molecule has 2 N–H and O–H groups in total. The van der Waals surface area contributed by atoms with Gasteiger partial charge < -0.3 is 15.1 Å². The Balaban J connectivity index is 3.14. The second kappa shape index (κ2) is 8.39. The zero-order valence-electron chi connectivity index (χ0n) is 17.9. The number of allylic oxidation sites excluding steroid dienone is 2. The molecule has 1 heterocycles. The fourth-order valence-electron chi connectivity index (χ4n) is 4.67. The lowest BCUT2D eigenvalue weighted by molar-refractivity contribution is -0.134. The molecule has 5 nitrogen and oxygen atoms in total. The number of carboxylic acid groups (broad SMARTS) is 2. The molecule has 2 rings (SSSR count). The van der Waals surface area contributed by atoms with Crippen LogP contribution in [0.25, 0.3) is 0 Å². The van der Waals surface area contributed by atoms with E-state index in [0.29, 0.717) is 23.5 Å². The molecule has 0 amide bonds. The van der Waals surface area contributed by atoms with Crippen molar-refractivity contribution in [3.8, 4) is 0 Å². The summed E-state index contributed by atoms with van der Waals surface area (Å²) in [5.74, 6) is -3.05. The Morgan fingerprint density at radius 2 is 1.34 bits per heavy atom. The summed E-state index contributed by atoms with van der Waals surface area (Å²) in [6.07, 6.45) is 0.228. The average Bonchev–Trinajstić information content (AvgIpc) is 2.65. The molecule has 0 spiro atoms. The number of carboxylic acids is 2. The van der Waals surface area contributed by atoms with Crippen LogP contribution >= 0.6 is 0 Å². The van der Waals surface area contributed by atoms with Gasteiger partial charge in [0.05, 0.1) is 16.6 Å². The zero-order valence-corrected chi connectivity index (χ0v) is 17.9. The average molecular weight is 403 g/mol. The summed E-state index contributed by atoms with van der Waals surface area (Å²) in [4.78, 5) is 27.1. The van der Waals surface area contributed by atoms with Crippen molar-refractivity contribution in [2.45, 2.75) is 53.4 Å². The fraction of sp³-hybridized carbons (Fsp3) is 0.478. The quantitative estimate of drug-likeness (QED) is 0.684. The van der Waals surface area contributed by atoms with Crippen LogP contribution in [0, 0.1) is 17.7 Å². The van der Waals surface area contributed by atoms with Crippen molar-refractivity contribution < 1.29 is 24.2 Å². The third-order valence-corrected chi connectivity index (χ3v) is 5.65. The monoisotopic (exact) mass is 403 g/mol. The zero-order chi connectivity index (χ0) is 22.1. The molecular formula is C23H30FNO4. The van der Waals surface area contributed by atoms with Gasteiger partial charge in [-0.05, 0) is 42.9 Å². The van der Waals surface area contributed by atoms with Gasteiger partial charge in [-0.3, -0.25) is 0 Å². The smallest absolute Gasteiger partial charge is 0.334 e. The molecule has 6 heteroatoms. The maximum Gasteiger partial charge on any atom is 0.334 e. The van der Waals surface area contributed by atoms with Crippen LogP contribution in [0.4, 0.5) is 4.39 Å². The topological polar surface area (TPSA) is 77.8 Å². The Kier molecular flexibility index (Phi) is 6.56. The van der Waals surface area contributed by atoms with Crippen LogP contribution in [0.3, 0.4) is 0 Å². The molecule has 1 aromatic carbocycles. The van der Waals surface area contributed by atoms with Gasteiger partial charge in [0.15, 0.2) is 0 Å². The Morgan fingerprint density at radius 1 is 0.931 bits per heavy atom. The molecule has 0 bridgehead atoms. The number of halogens is 1. The van der Waals surface area contributed by atoms with Crippen LogP contribution in [0.2, 0.25) is 0 Å². The molecule has 0 saturated heterocycles. The summed E-state index contributed by atoms with van der Waals surface area (Å²) in [6, 6.07) is 5.51. The van der Waals surface area contributed by atoms with E-state index in [4.69, 9.17) is 0 Å². The molecule has 1 aromatic rings. The third-order valence-electron chi connectivity index (χ3n) is 5.65. The van der Waals surface area contributed by atoms with Crippen LogP contribution in [0.15, 0.2) is 46.8 Å². The standard InChI is InChI=1S/C23H30FNO4/c1-7-23(15-9-11-16(24)12-10-15)17(21(26)27)19(13(3)4)25(8-2)20(14(5)6)18(23)22(28)29/h9-14H,7-8H2,1-6H3,(H,26,27)(H,28,29). The van der Waals surface area contributed by atoms with Crippen molar-refractivity contribution in [1.29, 1.82) is 0 Å². The second-order valence-corrected chi connectivity index (χ2v) is 7.95. The van der Waals surface area contributed by atoms with E-state index in [1.165, 1.54) is 24.3 Å². The minimum atomic E-state index is -1.38. The molecule has 0 radical (unpaired) electrons. The molecule has 0 saturated carbocycles. The first-order valence-corrected chi connectivity index (χ1v) is 10.0. The minimum absolute atomic E-state index is 0.0604. The van der Waals surface area contributed by atoms with E-state index in [0.717, 1.165) is 0 Å². The summed E-state index contributed by atoms with van der Waals surface area (Å²) in [6.45, 7) is 11.8. The molecule has 0 aliphatic carbocycles. The molecule has 0 atom stereocenters. The number of nitrogens with zero attached hydrogens (tertiary/aromatic N) is 1. The van der Waals surface area contributed by atoms with Gasteiger partial charge in [-0.2, -0.15) is 0 Å². The van der Waals surface area contributed by atoms with Gasteiger partial charge >= 0.3 is 11.9 Å². The van der Waals surface area contributed by atoms with Gasteiger partial charge in [-0.1, -0.05) is 46.8 Å². The van der Waals surface area contributed by atoms with Gasteiger partial charge in [0.1, 0.15) is 5.82 Å². The van der Waals surface area contributed by atoms with Gasteiger partial charge in [0.25, 0.3) is 0 Å². The van der Waals surface area contributed by atoms with E-state index in [2.05, 4.69) is 0 Å². The molecule has 1 aliphatic rings. The predicted molar refractivity (Wildman–Crippen MR) is 110 cm³/mol. The van der Waals surface area contributed by atoms with Crippen LogP contribution in [0.1, 0.15) is 53.5 Å². The number of aliphatic carboxylic acids is 2. The molecule has 0 fully saturated rings. The van der Waals surface area contributed by atoms with Crippen LogP contribution < -0.4 is 0 Å². The minimum Gasteiger partial charge on any atom is -0.478 e. The van der Waals surface area contributed by atoms with Crippen LogP contribution in [0.5, 0.6) is 0 Å². The maximum atomic E-state index is 13.7. The molecule has 158 valence electrons. The number of benzene rings is 1. The third kappa shape index (κ3) is 3.56. The van der Waals surface area contributed by atoms with Gasteiger partial charge in [0.2, 0.25) is 0 Å². The molecule has 0 unspecified atom stereocenters. The Labute approximate surface area is 171 Å². The van der Waals surface area contributed by atoms with Crippen molar-refractivity contribution in [1.82, 2.24) is 4.90 Å². The summed E-state index contributed by atoms with van der Waals surface area (Å²) in [7, 11) is 0. The summed E-state index contributed by atoms with van der Waals surface area (Å²) in [5.41, 5.74) is 0.439. The first-order valence-electron chi connectivity index (χ1n) is 10.0. The van der Waals surface area contributed by atoms with Crippen molar-refractivity contribution >= 4 is 11.9 Å². The number of hydrogen-bond acceptors (Lipinski definition) is 3. The van der Waals surface area contributed by atoms with E-state index >= 15 is 0 Å². The van der Waals surface area contributed by atoms with E-state index in [9.17, 15) is 24.2 Å². The highest BCUT2D eigenvalue weighted by Gasteiger charge is 2.52. The van der Waals surface area contributed by atoms with Crippen molar-refractivity contribution in [2.75, 3.05) is 6.54 Å². The molecule has 29 heavy (non-hydrogen) atoms. The highest BCUT2D eigenvalue weighted by molar-refractivity contribution is 6.01. The van der Waals surface area contributed by atoms with E-state index in [1.807, 2.05) is 39.5 Å². The highest BCUT2D eigenvalue weighted by atomic mass is 19.1. The lowest BCUT2D eigenvalue weighted by Gasteiger charge is -2.48. The van der Waals surface area contributed by atoms with Gasteiger partial charge in [-0.25, -0.2) is 14.0 Å². The van der Waals surface area contributed by atoms with E-state index in [-0.39, 0.29) is 29.4 Å². The lowest BCUT2D eigenvalue weighted by Crippen LogP contribution is -2.48. The highest BCUT2D eigenvalue weighted by Crippen LogP contribution is 2.52. The maximum absolute atomic E-state index is 13.7. The Bertz CT molecular complexity index is 821. The number of rotatable bonds is 7. The molecule has 0 aromatic heterocycles. The van der Waals surface area contributed by atoms with Crippen molar-refractivity contribution in [3.63, 3.8) is 0 Å². The van der Waals surface area contributed by atoms with E-state index < -0.39 is 23.2 Å². The largest absolute Gasteiger partial charge is 0.478 e. The van der Waals surface area contributed by atoms with Crippen molar-refractivity contribution in [3.05, 3.63) is 58.2 Å². The van der Waals surface area contributed by atoms with Crippen LogP contribution in [-0.4, -0.2) is 33.6 Å². The molecular weight excluding hydrogens is 373 g/mol. The van der Waals surface area contributed by atoms with Gasteiger partial charge in [0, 0.05) is 17.9 Å². The van der Waals surface area contributed by atoms with Crippen molar-refractivity contribution in [2.24, 2.45) is 11.8 Å². The Hall–Kier alpha value is -2.63. The van der Waals surface area contributed by atoms with Gasteiger partial charge in [-0.15, -0.1) is 0 Å². The first kappa shape index (κ1) is 22.7. The van der Waals surface area contributed by atoms with Crippen LogP contribution in [-0.2, 0) is 15.0 Å².